The van der Waals surface area contributed by atoms with E-state index in [1.54, 1.807) is 13.8 Å². The number of aromatic nitrogens is 2. The van der Waals surface area contributed by atoms with Crippen LogP contribution in [0.15, 0.2) is 15.0 Å². The van der Waals surface area contributed by atoms with E-state index in [-0.39, 0.29) is 11.3 Å². The van der Waals surface area contributed by atoms with Crippen molar-refractivity contribution in [2.45, 2.75) is 33.1 Å². The van der Waals surface area contributed by atoms with Crippen molar-refractivity contribution in [1.29, 1.82) is 0 Å². The second kappa shape index (κ2) is 6.88. The van der Waals surface area contributed by atoms with Crippen molar-refractivity contribution >= 4 is 11.9 Å². The highest BCUT2D eigenvalue weighted by Gasteiger charge is 2.19. The standard InChI is InChI=1S/C14H17N3O5/c1-3-10-9(14(19)20)7-11(21-10)13(18)15-6-4-5-12-16-8(2)17-22-12/h7H,3-6H2,1-2H3,(H,15,18)(H,19,20). The SMILES string of the molecule is CCc1oc(C(=O)NCCCc2nc(C)no2)cc1C(=O)O. The van der Waals surface area contributed by atoms with E-state index in [0.29, 0.717) is 43.3 Å². The molecule has 2 aromatic heterocycles. The fourth-order valence-corrected chi connectivity index (χ4v) is 1.95. The summed E-state index contributed by atoms with van der Waals surface area (Å²) in [7, 11) is 0. The number of furan rings is 1. The third-order valence-corrected chi connectivity index (χ3v) is 3.01. The normalized spacial score (nSPS) is 10.6. The molecule has 0 saturated carbocycles. The van der Waals surface area contributed by atoms with Crippen LogP contribution in [-0.4, -0.2) is 33.7 Å². The van der Waals surface area contributed by atoms with Crippen molar-refractivity contribution in [1.82, 2.24) is 15.5 Å². The highest BCUT2D eigenvalue weighted by Crippen LogP contribution is 2.16. The van der Waals surface area contributed by atoms with Gasteiger partial charge in [-0.1, -0.05) is 12.1 Å². The zero-order valence-corrected chi connectivity index (χ0v) is 12.4. The van der Waals surface area contributed by atoms with Crippen molar-refractivity contribution in [3.05, 3.63) is 34.9 Å². The third-order valence-electron chi connectivity index (χ3n) is 3.01. The van der Waals surface area contributed by atoms with Gasteiger partial charge in [0.15, 0.2) is 11.6 Å². The topological polar surface area (TPSA) is 118 Å². The van der Waals surface area contributed by atoms with Crippen LogP contribution < -0.4 is 5.32 Å². The van der Waals surface area contributed by atoms with Crippen molar-refractivity contribution in [2.24, 2.45) is 0 Å². The fraction of sp³-hybridized carbons (Fsp3) is 0.429. The molecule has 0 aliphatic heterocycles. The monoisotopic (exact) mass is 307 g/mol. The van der Waals surface area contributed by atoms with Gasteiger partial charge in [0.05, 0.1) is 0 Å². The smallest absolute Gasteiger partial charge is 0.339 e. The summed E-state index contributed by atoms with van der Waals surface area (Å²) >= 11 is 0. The minimum absolute atomic E-state index is 0.00267. The number of rotatable bonds is 7. The Balaban J connectivity index is 1.85. The fourth-order valence-electron chi connectivity index (χ4n) is 1.95. The maximum absolute atomic E-state index is 11.9. The van der Waals surface area contributed by atoms with Crippen LogP contribution in [0, 0.1) is 6.92 Å². The van der Waals surface area contributed by atoms with Gasteiger partial charge >= 0.3 is 5.97 Å². The number of hydrogen-bond acceptors (Lipinski definition) is 6. The van der Waals surface area contributed by atoms with Crippen LogP contribution in [0.5, 0.6) is 0 Å². The molecule has 8 heteroatoms. The average Bonchev–Trinajstić information content (AvgIpc) is 3.09. The Hall–Kier alpha value is -2.64. The lowest BCUT2D eigenvalue weighted by Gasteiger charge is -2.01. The molecule has 0 unspecified atom stereocenters. The summed E-state index contributed by atoms with van der Waals surface area (Å²) in [5, 5.41) is 15.4. The van der Waals surface area contributed by atoms with Gasteiger partial charge in [0.1, 0.15) is 11.3 Å². The Kier molecular flexibility index (Phi) is 4.92. The number of aryl methyl sites for hydroxylation is 3. The molecule has 0 radical (unpaired) electrons. The van der Waals surface area contributed by atoms with E-state index < -0.39 is 11.9 Å². The molecule has 0 fully saturated rings. The largest absolute Gasteiger partial charge is 0.478 e. The van der Waals surface area contributed by atoms with Crippen molar-refractivity contribution in [3.8, 4) is 0 Å². The number of carbonyl (C=O) groups excluding carboxylic acids is 1. The van der Waals surface area contributed by atoms with Crippen LogP contribution >= 0.6 is 0 Å². The lowest BCUT2D eigenvalue weighted by molar-refractivity contribution is 0.0694. The van der Waals surface area contributed by atoms with Gasteiger partial charge in [-0.25, -0.2) is 4.79 Å². The minimum atomic E-state index is -1.11. The molecule has 0 saturated heterocycles. The van der Waals surface area contributed by atoms with Crippen LogP contribution in [0.1, 0.15) is 51.7 Å². The van der Waals surface area contributed by atoms with E-state index in [1.807, 2.05) is 0 Å². The Bertz CT molecular complexity index is 674. The van der Waals surface area contributed by atoms with E-state index in [4.69, 9.17) is 14.0 Å². The summed E-state index contributed by atoms with van der Waals surface area (Å²) in [5.74, 6) is -0.161. The summed E-state index contributed by atoms with van der Waals surface area (Å²) in [6.45, 7) is 3.89. The summed E-state index contributed by atoms with van der Waals surface area (Å²) in [6, 6.07) is 1.25. The van der Waals surface area contributed by atoms with E-state index in [2.05, 4.69) is 15.5 Å². The summed E-state index contributed by atoms with van der Waals surface area (Å²) in [6.07, 6.45) is 1.59. The van der Waals surface area contributed by atoms with Gasteiger partial charge in [-0.05, 0) is 13.3 Å². The molecule has 2 rings (SSSR count). The van der Waals surface area contributed by atoms with Gasteiger partial charge in [-0.15, -0.1) is 0 Å². The van der Waals surface area contributed by atoms with E-state index in [9.17, 15) is 9.59 Å². The molecule has 0 bridgehead atoms. The molecule has 0 aromatic carbocycles. The zero-order valence-electron chi connectivity index (χ0n) is 12.4. The predicted octanol–water partition coefficient (Wildman–Crippen LogP) is 1.59. The van der Waals surface area contributed by atoms with Crippen LogP contribution in [0.4, 0.5) is 0 Å². The summed E-state index contributed by atoms with van der Waals surface area (Å²) in [5.41, 5.74) is 0.0222. The molecule has 118 valence electrons. The quantitative estimate of drug-likeness (QED) is 0.745. The molecule has 2 heterocycles. The summed E-state index contributed by atoms with van der Waals surface area (Å²) < 4.78 is 10.2. The predicted molar refractivity (Wildman–Crippen MR) is 74.7 cm³/mol. The number of hydrogen-bond donors (Lipinski definition) is 2. The van der Waals surface area contributed by atoms with Crippen LogP contribution in [0.25, 0.3) is 0 Å². The Morgan fingerprint density at radius 3 is 2.73 bits per heavy atom. The number of aromatic carboxylic acids is 1. The number of carboxylic acid groups (broad SMARTS) is 1. The molecule has 0 aliphatic carbocycles. The molecule has 22 heavy (non-hydrogen) atoms. The average molecular weight is 307 g/mol. The van der Waals surface area contributed by atoms with Gasteiger partial charge in [0.2, 0.25) is 5.89 Å². The van der Waals surface area contributed by atoms with E-state index in [0.717, 1.165) is 0 Å². The number of nitrogens with zero attached hydrogens (tertiary/aromatic N) is 2. The second-order valence-corrected chi connectivity index (χ2v) is 4.70. The molecular formula is C14H17N3O5. The number of carbonyl (C=O) groups is 2. The molecular weight excluding hydrogens is 290 g/mol. The number of carboxylic acids is 1. The lowest BCUT2D eigenvalue weighted by Crippen LogP contribution is -2.24. The van der Waals surface area contributed by atoms with Gasteiger partial charge in [-0.3, -0.25) is 4.79 Å². The third kappa shape index (κ3) is 3.72. The molecule has 2 aromatic rings. The Labute approximate surface area is 126 Å². The highest BCUT2D eigenvalue weighted by atomic mass is 16.5. The molecule has 0 spiro atoms. The van der Waals surface area contributed by atoms with Crippen LogP contribution in [-0.2, 0) is 12.8 Å². The van der Waals surface area contributed by atoms with Gasteiger partial charge in [0.25, 0.3) is 5.91 Å². The van der Waals surface area contributed by atoms with Gasteiger partial charge < -0.3 is 19.4 Å². The maximum atomic E-state index is 11.9. The second-order valence-electron chi connectivity index (χ2n) is 4.70. The van der Waals surface area contributed by atoms with Crippen LogP contribution in [0.3, 0.4) is 0 Å². The number of amides is 1. The first-order chi connectivity index (χ1) is 10.5. The minimum Gasteiger partial charge on any atom is -0.478 e. The van der Waals surface area contributed by atoms with Crippen molar-refractivity contribution in [2.75, 3.05) is 6.54 Å². The first-order valence-corrected chi connectivity index (χ1v) is 6.94. The molecule has 0 aliphatic rings. The zero-order chi connectivity index (χ0) is 16.1. The van der Waals surface area contributed by atoms with Gasteiger partial charge in [-0.2, -0.15) is 4.98 Å². The molecule has 1 amide bonds. The van der Waals surface area contributed by atoms with E-state index >= 15 is 0 Å². The molecule has 8 nitrogen and oxygen atoms in total. The molecule has 0 atom stereocenters. The van der Waals surface area contributed by atoms with Gasteiger partial charge in [0, 0.05) is 25.5 Å². The van der Waals surface area contributed by atoms with Crippen LogP contribution in [0.2, 0.25) is 0 Å². The Morgan fingerprint density at radius 1 is 1.41 bits per heavy atom. The first-order valence-electron chi connectivity index (χ1n) is 6.94. The summed E-state index contributed by atoms with van der Waals surface area (Å²) in [4.78, 5) is 27.0. The lowest BCUT2D eigenvalue weighted by atomic mass is 10.2. The van der Waals surface area contributed by atoms with Crippen molar-refractivity contribution in [3.63, 3.8) is 0 Å². The molecule has 2 N–H and O–H groups in total. The van der Waals surface area contributed by atoms with E-state index in [1.165, 1.54) is 6.07 Å². The first kappa shape index (κ1) is 15.7. The Morgan fingerprint density at radius 2 is 2.18 bits per heavy atom. The van der Waals surface area contributed by atoms with Crippen molar-refractivity contribution < 1.29 is 23.6 Å². The highest BCUT2D eigenvalue weighted by molar-refractivity contribution is 5.96. The number of nitrogens with one attached hydrogen (secondary N) is 1. The maximum Gasteiger partial charge on any atom is 0.339 e.